The third-order valence-electron chi connectivity index (χ3n) is 5.39. The van der Waals surface area contributed by atoms with Gasteiger partial charge in [-0.3, -0.25) is 4.98 Å². The molecule has 0 aliphatic carbocycles. The zero-order valence-corrected chi connectivity index (χ0v) is 16.7. The van der Waals surface area contributed by atoms with Gasteiger partial charge in [0.05, 0.1) is 17.7 Å². The van der Waals surface area contributed by atoms with Gasteiger partial charge in [-0.1, -0.05) is 0 Å². The summed E-state index contributed by atoms with van der Waals surface area (Å²) < 4.78 is 52.2. The second-order valence-electron chi connectivity index (χ2n) is 7.48. The number of aliphatic hydroxyl groups excluding tert-OH is 4. The van der Waals surface area contributed by atoms with Gasteiger partial charge in [-0.2, -0.15) is 13.2 Å². The molecule has 1 fully saturated rings. The van der Waals surface area contributed by atoms with Crippen molar-refractivity contribution in [3.05, 3.63) is 58.7 Å². The number of nitrogens with one attached hydrogen (secondary N) is 1. The van der Waals surface area contributed by atoms with Crippen molar-refractivity contribution in [1.82, 2.24) is 4.98 Å². The average Bonchev–Trinajstić information content (AvgIpc) is 2.78. The number of anilines is 1. The molecule has 176 valence electrons. The van der Waals surface area contributed by atoms with Gasteiger partial charge in [0, 0.05) is 29.5 Å². The van der Waals surface area contributed by atoms with Gasteiger partial charge < -0.3 is 34.9 Å². The van der Waals surface area contributed by atoms with Crippen molar-refractivity contribution >= 4 is 16.7 Å². The smallest absolute Gasteiger partial charge is 0.417 e. The van der Waals surface area contributed by atoms with E-state index in [9.17, 15) is 33.3 Å². The van der Waals surface area contributed by atoms with Crippen LogP contribution in [-0.4, -0.2) is 62.7 Å². The van der Waals surface area contributed by atoms with Crippen molar-refractivity contribution in [3.63, 3.8) is 0 Å². The number of aromatic nitrogens is 1. The van der Waals surface area contributed by atoms with Crippen LogP contribution in [0.1, 0.15) is 5.56 Å². The average molecular weight is 468 g/mol. The highest BCUT2D eigenvalue weighted by Gasteiger charge is 2.44. The molecule has 9 nitrogen and oxygen atoms in total. The maximum atomic E-state index is 14.0. The fraction of sp³-hybridized carbons (Fsp3) is 0.333. The van der Waals surface area contributed by atoms with E-state index in [1.165, 1.54) is 30.6 Å². The number of aliphatic hydroxyl groups is 4. The Bertz CT molecular complexity index is 1200. The molecule has 3 heterocycles. The van der Waals surface area contributed by atoms with Crippen LogP contribution < -0.4 is 10.9 Å². The summed E-state index contributed by atoms with van der Waals surface area (Å²) in [5.41, 5.74) is -3.34. The number of pyridine rings is 1. The monoisotopic (exact) mass is 468 g/mol. The quantitative estimate of drug-likeness (QED) is 0.355. The highest BCUT2D eigenvalue weighted by atomic mass is 19.4. The van der Waals surface area contributed by atoms with E-state index < -0.39 is 60.2 Å². The first-order chi connectivity index (χ1) is 15.6. The van der Waals surface area contributed by atoms with Crippen LogP contribution in [0.4, 0.5) is 18.9 Å². The van der Waals surface area contributed by atoms with Crippen LogP contribution in [-0.2, 0) is 10.9 Å². The molecule has 1 aromatic carbocycles. The highest BCUT2D eigenvalue weighted by molar-refractivity contribution is 5.89. The van der Waals surface area contributed by atoms with Crippen molar-refractivity contribution < 1.29 is 42.8 Å². The Balaban J connectivity index is 1.77. The van der Waals surface area contributed by atoms with E-state index >= 15 is 0 Å². The number of halogens is 3. The van der Waals surface area contributed by atoms with E-state index in [-0.39, 0.29) is 22.2 Å². The van der Waals surface area contributed by atoms with E-state index in [1.807, 2.05) is 0 Å². The molecule has 4 rings (SSSR count). The Labute approximate surface area is 183 Å². The van der Waals surface area contributed by atoms with Gasteiger partial charge in [-0.25, -0.2) is 4.79 Å². The van der Waals surface area contributed by atoms with Gasteiger partial charge >= 0.3 is 11.8 Å². The normalized spacial score (nSPS) is 25.8. The molecule has 1 aliphatic rings. The fourth-order valence-electron chi connectivity index (χ4n) is 3.81. The second kappa shape index (κ2) is 8.72. The molecular weight excluding hydrogens is 449 g/mol. The van der Waals surface area contributed by atoms with Crippen LogP contribution >= 0.6 is 0 Å². The summed E-state index contributed by atoms with van der Waals surface area (Å²) >= 11 is 0. The minimum atomic E-state index is -4.88. The van der Waals surface area contributed by atoms with Crippen molar-refractivity contribution in [2.24, 2.45) is 0 Å². The standard InChI is InChI=1S/C21H19F3N2O7/c22-21(23,24)15-11-2-1-10(26-16-18(29)17(28)13(8-27)33-20(16)31)7-12(11)32-19(30)14(15)9-3-5-25-6-4-9/h1-7,13,16-18,20,26-29,31H,8H2/t13?,16?,17-,18-,20?/m0/s1. The molecule has 0 spiro atoms. The van der Waals surface area contributed by atoms with E-state index in [0.29, 0.717) is 0 Å². The summed E-state index contributed by atoms with van der Waals surface area (Å²) in [6, 6.07) is 4.67. The van der Waals surface area contributed by atoms with Crippen molar-refractivity contribution in [2.45, 2.75) is 36.8 Å². The molecule has 5 atom stereocenters. The fourth-order valence-corrected chi connectivity index (χ4v) is 3.81. The summed E-state index contributed by atoms with van der Waals surface area (Å²) in [5, 5.41) is 41.8. The predicted octanol–water partition coefficient (Wildman–Crippen LogP) is 1.09. The lowest BCUT2D eigenvalue weighted by Crippen LogP contribution is -2.61. The third kappa shape index (κ3) is 4.30. The maximum Gasteiger partial charge on any atom is 0.417 e. The Morgan fingerprint density at radius 1 is 1.06 bits per heavy atom. The van der Waals surface area contributed by atoms with Gasteiger partial charge in [-0.05, 0) is 29.8 Å². The van der Waals surface area contributed by atoms with Gasteiger partial charge in [0.15, 0.2) is 6.29 Å². The Hall–Kier alpha value is -3.03. The van der Waals surface area contributed by atoms with Crippen LogP contribution in [0.3, 0.4) is 0 Å². The first kappa shape index (κ1) is 23.1. The van der Waals surface area contributed by atoms with Gasteiger partial charge in [0.2, 0.25) is 0 Å². The lowest BCUT2D eigenvalue weighted by molar-refractivity contribution is -0.245. The molecule has 0 amide bonds. The molecule has 2 aromatic heterocycles. The summed E-state index contributed by atoms with van der Waals surface area (Å²) in [6.07, 6.45) is -8.35. The molecule has 33 heavy (non-hydrogen) atoms. The number of fused-ring (bicyclic) bond motifs is 1. The van der Waals surface area contributed by atoms with Crippen LogP contribution in [0.2, 0.25) is 0 Å². The van der Waals surface area contributed by atoms with Crippen molar-refractivity contribution in [2.75, 3.05) is 11.9 Å². The highest BCUT2D eigenvalue weighted by Crippen LogP contribution is 2.40. The SMILES string of the molecule is O=c1oc2cc(NC3C(O)OC(CO)[C@H](O)[C@H]3O)ccc2c(C(F)(F)F)c1-c1ccncc1. The Morgan fingerprint density at radius 2 is 1.76 bits per heavy atom. The van der Waals surface area contributed by atoms with E-state index in [4.69, 9.17) is 14.3 Å². The topological polar surface area (TPSA) is 145 Å². The molecule has 12 heteroatoms. The first-order valence-corrected chi connectivity index (χ1v) is 9.77. The van der Waals surface area contributed by atoms with Crippen LogP contribution in [0.5, 0.6) is 0 Å². The first-order valence-electron chi connectivity index (χ1n) is 9.77. The zero-order chi connectivity index (χ0) is 23.9. The summed E-state index contributed by atoms with van der Waals surface area (Å²) in [5.74, 6) is 0. The molecule has 3 unspecified atom stereocenters. The molecule has 5 N–H and O–H groups in total. The number of rotatable bonds is 4. The minimum absolute atomic E-state index is 0.00630. The number of nitrogens with zero attached hydrogens (tertiary/aromatic N) is 1. The van der Waals surface area contributed by atoms with Gasteiger partial charge in [-0.15, -0.1) is 0 Å². The molecule has 0 bridgehead atoms. The van der Waals surface area contributed by atoms with Crippen LogP contribution in [0.15, 0.2) is 51.9 Å². The predicted molar refractivity (Wildman–Crippen MR) is 108 cm³/mol. The molecule has 1 aliphatic heterocycles. The van der Waals surface area contributed by atoms with Gasteiger partial charge in [0.1, 0.15) is 29.9 Å². The Kier molecular flexibility index (Phi) is 6.12. The zero-order valence-electron chi connectivity index (χ0n) is 16.7. The lowest BCUT2D eigenvalue weighted by Gasteiger charge is -2.40. The number of hydrogen-bond acceptors (Lipinski definition) is 9. The lowest BCUT2D eigenvalue weighted by atomic mass is 9.96. The largest absolute Gasteiger partial charge is 0.422 e. The second-order valence-corrected chi connectivity index (χ2v) is 7.48. The summed E-state index contributed by atoms with van der Waals surface area (Å²) in [6.45, 7) is -0.650. The molecule has 0 saturated carbocycles. The number of ether oxygens (including phenoxy) is 1. The molecule has 3 aromatic rings. The summed E-state index contributed by atoms with van der Waals surface area (Å²) in [4.78, 5) is 16.3. The minimum Gasteiger partial charge on any atom is -0.422 e. The van der Waals surface area contributed by atoms with Crippen LogP contribution in [0, 0.1) is 0 Å². The number of alkyl halides is 3. The van der Waals surface area contributed by atoms with Crippen LogP contribution in [0.25, 0.3) is 22.1 Å². The Morgan fingerprint density at radius 3 is 2.39 bits per heavy atom. The summed E-state index contributed by atoms with van der Waals surface area (Å²) in [7, 11) is 0. The van der Waals surface area contributed by atoms with E-state index in [2.05, 4.69) is 10.3 Å². The number of benzene rings is 1. The van der Waals surface area contributed by atoms with Crippen molar-refractivity contribution in [3.8, 4) is 11.1 Å². The molecule has 1 saturated heterocycles. The maximum absolute atomic E-state index is 14.0. The van der Waals surface area contributed by atoms with Crippen molar-refractivity contribution in [1.29, 1.82) is 0 Å². The van der Waals surface area contributed by atoms with Gasteiger partial charge in [0.25, 0.3) is 0 Å². The van der Waals surface area contributed by atoms with E-state index in [0.717, 1.165) is 12.1 Å². The number of hydrogen-bond donors (Lipinski definition) is 5. The van der Waals surface area contributed by atoms with E-state index in [1.54, 1.807) is 0 Å². The molecular formula is C21H19F3N2O7. The molecule has 0 radical (unpaired) electrons. The third-order valence-corrected chi connectivity index (χ3v) is 5.39.